The second-order valence-electron chi connectivity index (χ2n) is 5.22. The molecule has 23 heavy (non-hydrogen) atoms. The molecule has 6 heteroatoms. The van der Waals surface area contributed by atoms with Gasteiger partial charge in [-0.3, -0.25) is 9.59 Å². The number of phenols is 1. The Morgan fingerprint density at radius 1 is 1.09 bits per heavy atom. The van der Waals surface area contributed by atoms with Gasteiger partial charge >= 0.3 is 11.8 Å². The van der Waals surface area contributed by atoms with Crippen molar-refractivity contribution in [3.8, 4) is 5.75 Å². The molecule has 0 aliphatic rings. The van der Waals surface area contributed by atoms with Crippen LogP contribution in [-0.4, -0.2) is 23.5 Å². The Bertz CT molecular complexity index is 712. The summed E-state index contributed by atoms with van der Waals surface area (Å²) in [5.74, 6) is -1.29. The number of carbonyl (C=O) groups excluding carboxylic acids is 2. The second kappa shape index (κ2) is 7.31. The van der Waals surface area contributed by atoms with Gasteiger partial charge < -0.3 is 21.5 Å². The molecule has 0 radical (unpaired) electrons. The summed E-state index contributed by atoms with van der Waals surface area (Å²) < 4.78 is 0. The maximum atomic E-state index is 11.8. The molecular weight excluding hydrogens is 294 g/mol. The van der Waals surface area contributed by atoms with E-state index in [1.54, 1.807) is 42.5 Å². The Kier molecular flexibility index (Phi) is 5.19. The lowest BCUT2D eigenvalue weighted by Crippen LogP contribution is -2.36. The number of hydrogen-bond donors (Lipinski definition) is 4. The second-order valence-corrected chi connectivity index (χ2v) is 5.22. The molecule has 0 saturated carbocycles. The molecule has 0 heterocycles. The molecule has 2 rings (SSSR count). The van der Waals surface area contributed by atoms with Gasteiger partial charge in [-0.15, -0.1) is 0 Å². The van der Waals surface area contributed by atoms with E-state index < -0.39 is 11.8 Å². The van der Waals surface area contributed by atoms with Crippen molar-refractivity contribution >= 4 is 23.2 Å². The van der Waals surface area contributed by atoms with Crippen LogP contribution in [0, 0.1) is 6.92 Å². The van der Waals surface area contributed by atoms with E-state index in [1.165, 1.54) is 0 Å². The van der Waals surface area contributed by atoms with Crippen LogP contribution in [0.4, 0.5) is 11.4 Å². The van der Waals surface area contributed by atoms with Gasteiger partial charge in [0.1, 0.15) is 5.75 Å². The highest BCUT2D eigenvalue weighted by Crippen LogP contribution is 2.19. The van der Waals surface area contributed by atoms with Crippen LogP contribution in [0.2, 0.25) is 0 Å². The van der Waals surface area contributed by atoms with E-state index in [-0.39, 0.29) is 5.75 Å². The molecular formula is C17H19N3O3. The average molecular weight is 313 g/mol. The van der Waals surface area contributed by atoms with E-state index >= 15 is 0 Å². The first-order valence-corrected chi connectivity index (χ1v) is 7.19. The van der Waals surface area contributed by atoms with E-state index in [0.717, 1.165) is 11.1 Å². The van der Waals surface area contributed by atoms with Crippen molar-refractivity contribution in [2.75, 3.05) is 17.6 Å². The normalized spacial score (nSPS) is 10.1. The number of benzene rings is 2. The summed E-state index contributed by atoms with van der Waals surface area (Å²) in [5.41, 5.74) is 8.54. The zero-order chi connectivity index (χ0) is 16.8. The SMILES string of the molecule is Cc1ccc(NC(=O)C(=O)NCCc2ccc(O)cc2)c(N)c1. The van der Waals surface area contributed by atoms with Crippen molar-refractivity contribution < 1.29 is 14.7 Å². The van der Waals surface area contributed by atoms with E-state index in [4.69, 9.17) is 5.73 Å². The lowest BCUT2D eigenvalue weighted by molar-refractivity contribution is -0.136. The summed E-state index contributed by atoms with van der Waals surface area (Å²) in [6, 6.07) is 11.8. The first kappa shape index (κ1) is 16.4. The van der Waals surface area contributed by atoms with Crippen molar-refractivity contribution in [3.63, 3.8) is 0 Å². The number of rotatable bonds is 4. The van der Waals surface area contributed by atoms with Crippen LogP contribution in [0.5, 0.6) is 5.75 Å². The van der Waals surface area contributed by atoms with Gasteiger partial charge in [0.05, 0.1) is 11.4 Å². The number of nitrogens with two attached hydrogens (primary N) is 1. The molecule has 0 atom stereocenters. The van der Waals surface area contributed by atoms with Crippen LogP contribution in [0.25, 0.3) is 0 Å². The Morgan fingerprint density at radius 3 is 2.43 bits per heavy atom. The molecule has 0 aliphatic carbocycles. The highest BCUT2D eigenvalue weighted by atomic mass is 16.3. The number of nitrogen functional groups attached to an aromatic ring is 1. The standard InChI is InChI=1S/C17H19N3O3/c1-11-2-7-15(14(18)10-11)20-17(23)16(22)19-9-8-12-3-5-13(21)6-4-12/h2-7,10,21H,8-9,18H2,1H3,(H,19,22)(H,20,23). The molecule has 0 unspecified atom stereocenters. The minimum absolute atomic E-state index is 0.188. The fraction of sp³-hybridized carbons (Fsp3) is 0.176. The van der Waals surface area contributed by atoms with Crippen molar-refractivity contribution in [2.45, 2.75) is 13.3 Å². The fourth-order valence-electron chi connectivity index (χ4n) is 2.04. The predicted molar refractivity (Wildman–Crippen MR) is 89.0 cm³/mol. The van der Waals surface area contributed by atoms with Gasteiger partial charge in [-0.25, -0.2) is 0 Å². The lowest BCUT2D eigenvalue weighted by Gasteiger charge is -2.09. The van der Waals surface area contributed by atoms with Crippen molar-refractivity contribution in [1.82, 2.24) is 5.32 Å². The molecule has 0 aliphatic heterocycles. The first-order valence-electron chi connectivity index (χ1n) is 7.19. The Hall–Kier alpha value is -3.02. The fourth-order valence-corrected chi connectivity index (χ4v) is 2.04. The summed E-state index contributed by atoms with van der Waals surface area (Å²) >= 11 is 0. The molecule has 5 N–H and O–H groups in total. The summed E-state index contributed by atoms with van der Waals surface area (Å²) in [5, 5.41) is 14.2. The van der Waals surface area contributed by atoms with Gasteiger partial charge in [0.15, 0.2) is 0 Å². The average Bonchev–Trinajstić information content (AvgIpc) is 2.51. The van der Waals surface area contributed by atoms with Gasteiger partial charge in [-0.1, -0.05) is 18.2 Å². The molecule has 0 aromatic heterocycles. The summed E-state index contributed by atoms with van der Waals surface area (Å²) in [6.45, 7) is 2.21. The molecule has 0 bridgehead atoms. The van der Waals surface area contributed by atoms with Crippen molar-refractivity contribution in [3.05, 3.63) is 53.6 Å². The zero-order valence-corrected chi connectivity index (χ0v) is 12.8. The van der Waals surface area contributed by atoms with E-state index in [1.807, 2.05) is 6.92 Å². The van der Waals surface area contributed by atoms with Crippen LogP contribution in [0.1, 0.15) is 11.1 Å². The number of carbonyl (C=O) groups is 2. The van der Waals surface area contributed by atoms with Gasteiger partial charge in [-0.05, 0) is 48.7 Å². The van der Waals surface area contributed by atoms with Gasteiger partial charge in [0.2, 0.25) is 0 Å². The van der Waals surface area contributed by atoms with Crippen LogP contribution in [0.15, 0.2) is 42.5 Å². The number of hydrogen-bond acceptors (Lipinski definition) is 4. The quantitative estimate of drug-likeness (QED) is 0.508. The van der Waals surface area contributed by atoms with Crippen LogP contribution >= 0.6 is 0 Å². The Morgan fingerprint density at radius 2 is 1.78 bits per heavy atom. The van der Waals surface area contributed by atoms with Crippen LogP contribution in [-0.2, 0) is 16.0 Å². The van der Waals surface area contributed by atoms with E-state index in [0.29, 0.717) is 24.3 Å². The molecule has 0 fully saturated rings. The summed E-state index contributed by atoms with van der Waals surface area (Å²) in [4.78, 5) is 23.6. The third-order valence-electron chi connectivity index (χ3n) is 3.30. The molecule has 0 saturated heterocycles. The van der Waals surface area contributed by atoms with Gasteiger partial charge in [0.25, 0.3) is 0 Å². The number of anilines is 2. The molecule has 2 amide bonds. The van der Waals surface area contributed by atoms with Crippen molar-refractivity contribution in [1.29, 1.82) is 0 Å². The third kappa shape index (κ3) is 4.74. The maximum absolute atomic E-state index is 11.8. The molecule has 2 aromatic carbocycles. The summed E-state index contributed by atoms with van der Waals surface area (Å²) in [7, 11) is 0. The topological polar surface area (TPSA) is 104 Å². The van der Waals surface area contributed by atoms with Gasteiger partial charge in [-0.2, -0.15) is 0 Å². The number of amides is 2. The highest BCUT2D eigenvalue weighted by Gasteiger charge is 2.14. The van der Waals surface area contributed by atoms with Crippen molar-refractivity contribution in [2.24, 2.45) is 0 Å². The Labute approximate surface area is 134 Å². The molecule has 6 nitrogen and oxygen atoms in total. The monoisotopic (exact) mass is 313 g/mol. The van der Waals surface area contributed by atoms with Crippen LogP contribution in [0.3, 0.4) is 0 Å². The van der Waals surface area contributed by atoms with E-state index in [2.05, 4.69) is 10.6 Å². The zero-order valence-electron chi connectivity index (χ0n) is 12.8. The van der Waals surface area contributed by atoms with Crippen LogP contribution < -0.4 is 16.4 Å². The largest absolute Gasteiger partial charge is 0.508 e. The molecule has 2 aromatic rings. The smallest absolute Gasteiger partial charge is 0.313 e. The van der Waals surface area contributed by atoms with Gasteiger partial charge in [0, 0.05) is 6.54 Å². The molecule has 120 valence electrons. The lowest BCUT2D eigenvalue weighted by atomic mass is 10.1. The minimum Gasteiger partial charge on any atom is -0.508 e. The highest BCUT2D eigenvalue weighted by molar-refractivity contribution is 6.39. The first-order chi connectivity index (χ1) is 11.0. The minimum atomic E-state index is -0.758. The number of nitrogens with one attached hydrogen (secondary N) is 2. The summed E-state index contributed by atoms with van der Waals surface area (Å²) in [6.07, 6.45) is 0.561. The molecule has 0 spiro atoms. The Balaban J connectivity index is 1.83. The van der Waals surface area contributed by atoms with E-state index in [9.17, 15) is 14.7 Å². The number of aromatic hydroxyl groups is 1. The number of phenolic OH excluding ortho intramolecular Hbond substituents is 1. The number of aryl methyl sites for hydroxylation is 1. The maximum Gasteiger partial charge on any atom is 0.313 e. The predicted octanol–water partition coefficient (Wildman–Crippen LogP) is 1.58. The third-order valence-corrected chi connectivity index (χ3v) is 3.30.